The van der Waals surface area contributed by atoms with Crippen LogP contribution < -0.4 is 5.32 Å². The SMILES string of the molecule is CC(C)c1ccc(-c2noc(CCC(=O)N3CCNCC3)n2)cc1.Cl. The van der Waals surface area contributed by atoms with Gasteiger partial charge >= 0.3 is 0 Å². The van der Waals surface area contributed by atoms with Crippen LogP contribution in [-0.2, 0) is 11.2 Å². The van der Waals surface area contributed by atoms with Crippen molar-refractivity contribution in [2.24, 2.45) is 0 Å². The van der Waals surface area contributed by atoms with Crippen LogP contribution in [0, 0.1) is 0 Å². The van der Waals surface area contributed by atoms with Crippen LogP contribution in [0.2, 0.25) is 0 Å². The van der Waals surface area contributed by atoms with Crippen molar-refractivity contribution in [2.45, 2.75) is 32.6 Å². The molecule has 0 aliphatic carbocycles. The molecule has 2 aromatic rings. The van der Waals surface area contributed by atoms with Crippen molar-refractivity contribution >= 4 is 18.3 Å². The molecule has 1 aromatic carbocycles. The highest BCUT2D eigenvalue weighted by molar-refractivity contribution is 5.85. The number of nitrogens with zero attached hydrogens (tertiary/aromatic N) is 3. The molecule has 0 spiro atoms. The van der Waals surface area contributed by atoms with Gasteiger partial charge in [0.25, 0.3) is 0 Å². The minimum atomic E-state index is 0. The zero-order valence-corrected chi connectivity index (χ0v) is 15.5. The molecule has 136 valence electrons. The third kappa shape index (κ3) is 5.03. The standard InChI is InChI=1S/C18H24N4O2.ClH/c1-13(2)14-3-5-15(6-4-14)18-20-16(24-21-18)7-8-17(23)22-11-9-19-10-12-22;/h3-6,13,19H,7-12H2,1-2H3;1H. The van der Waals surface area contributed by atoms with Gasteiger partial charge in [-0.3, -0.25) is 4.79 Å². The molecule has 1 amide bonds. The molecule has 0 saturated carbocycles. The Balaban J connectivity index is 0.00000225. The van der Waals surface area contributed by atoms with Gasteiger partial charge in [-0.15, -0.1) is 12.4 Å². The van der Waals surface area contributed by atoms with Gasteiger partial charge in [-0.2, -0.15) is 4.98 Å². The molecule has 6 nitrogen and oxygen atoms in total. The van der Waals surface area contributed by atoms with Gasteiger partial charge in [0, 0.05) is 44.6 Å². The van der Waals surface area contributed by atoms with E-state index in [1.54, 1.807) is 0 Å². The van der Waals surface area contributed by atoms with Crippen LogP contribution in [0.25, 0.3) is 11.4 Å². The number of carbonyl (C=O) groups excluding carboxylic acids is 1. The third-order valence-electron chi connectivity index (χ3n) is 4.33. The molecule has 1 aliphatic heterocycles. The zero-order valence-electron chi connectivity index (χ0n) is 14.7. The molecular weight excluding hydrogens is 340 g/mol. The maximum absolute atomic E-state index is 12.2. The molecule has 1 aliphatic rings. The minimum absolute atomic E-state index is 0. The molecule has 0 atom stereocenters. The Hall–Kier alpha value is -1.92. The van der Waals surface area contributed by atoms with Gasteiger partial charge in [0.05, 0.1) is 0 Å². The number of piperazine rings is 1. The van der Waals surface area contributed by atoms with E-state index in [0.29, 0.717) is 30.5 Å². The average Bonchev–Trinajstić information content (AvgIpc) is 3.09. The summed E-state index contributed by atoms with van der Waals surface area (Å²) in [6.07, 6.45) is 0.897. The van der Waals surface area contributed by atoms with Crippen molar-refractivity contribution in [1.29, 1.82) is 0 Å². The Morgan fingerprint density at radius 1 is 1.24 bits per heavy atom. The van der Waals surface area contributed by atoms with Crippen molar-refractivity contribution in [1.82, 2.24) is 20.4 Å². The summed E-state index contributed by atoms with van der Waals surface area (Å²) in [6, 6.07) is 8.19. The molecule has 1 N–H and O–H groups in total. The second-order valence-electron chi connectivity index (χ2n) is 6.42. The quantitative estimate of drug-likeness (QED) is 0.883. The minimum Gasteiger partial charge on any atom is -0.340 e. The summed E-state index contributed by atoms with van der Waals surface area (Å²) in [4.78, 5) is 18.5. The monoisotopic (exact) mass is 364 g/mol. The van der Waals surface area contributed by atoms with E-state index in [9.17, 15) is 4.79 Å². The molecule has 0 unspecified atom stereocenters. The van der Waals surface area contributed by atoms with E-state index in [1.165, 1.54) is 5.56 Å². The number of rotatable bonds is 5. The third-order valence-corrected chi connectivity index (χ3v) is 4.33. The van der Waals surface area contributed by atoms with Crippen LogP contribution >= 0.6 is 12.4 Å². The van der Waals surface area contributed by atoms with E-state index in [1.807, 2.05) is 17.0 Å². The first-order chi connectivity index (χ1) is 11.6. The highest BCUT2D eigenvalue weighted by Gasteiger charge is 2.17. The van der Waals surface area contributed by atoms with E-state index in [4.69, 9.17) is 4.52 Å². The van der Waals surface area contributed by atoms with E-state index in [0.717, 1.165) is 31.7 Å². The largest absolute Gasteiger partial charge is 0.340 e. The Labute approximate surface area is 154 Å². The molecule has 0 radical (unpaired) electrons. The van der Waals surface area contributed by atoms with Gasteiger partial charge in [-0.25, -0.2) is 0 Å². The number of nitrogens with one attached hydrogen (secondary N) is 1. The molecule has 1 saturated heterocycles. The van der Waals surface area contributed by atoms with Crippen molar-refractivity contribution in [2.75, 3.05) is 26.2 Å². The van der Waals surface area contributed by atoms with Crippen LogP contribution in [0.3, 0.4) is 0 Å². The number of aromatic nitrogens is 2. The number of hydrogen-bond donors (Lipinski definition) is 1. The molecule has 2 heterocycles. The molecule has 1 fully saturated rings. The number of hydrogen-bond acceptors (Lipinski definition) is 5. The topological polar surface area (TPSA) is 71.3 Å². The molecular formula is C18H25ClN4O2. The van der Waals surface area contributed by atoms with Crippen LogP contribution in [-0.4, -0.2) is 47.1 Å². The smallest absolute Gasteiger partial charge is 0.227 e. The molecule has 1 aromatic heterocycles. The van der Waals surface area contributed by atoms with Gasteiger partial charge in [-0.05, 0) is 11.5 Å². The lowest BCUT2D eigenvalue weighted by molar-refractivity contribution is -0.131. The number of halogens is 1. The predicted octanol–water partition coefficient (Wildman–Crippen LogP) is 2.65. The maximum Gasteiger partial charge on any atom is 0.227 e. The summed E-state index contributed by atoms with van der Waals surface area (Å²) >= 11 is 0. The summed E-state index contributed by atoms with van der Waals surface area (Å²) in [5.41, 5.74) is 2.21. The average molecular weight is 365 g/mol. The zero-order chi connectivity index (χ0) is 16.9. The lowest BCUT2D eigenvalue weighted by atomic mass is 10.0. The van der Waals surface area contributed by atoms with E-state index >= 15 is 0 Å². The first-order valence-corrected chi connectivity index (χ1v) is 8.55. The van der Waals surface area contributed by atoms with E-state index < -0.39 is 0 Å². The fourth-order valence-electron chi connectivity index (χ4n) is 2.78. The van der Waals surface area contributed by atoms with Gasteiger partial charge in [-0.1, -0.05) is 43.3 Å². The first-order valence-electron chi connectivity index (χ1n) is 8.55. The second-order valence-corrected chi connectivity index (χ2v) is 6.42. The fraction of sp³-hybridized carbons (Fsp3) is 0.500. The lowest BCUT2D eigenvalue weighted by Gasteiger charge is -2.27. The highest BCUT2D eigenvalue weighted by Crippen LogP contribution is 2.20. The number of aryl methyl sites for hydroxylation is 1. The highest BCUT2D eigenvalue weighted by atomic mass is 35.5. The van der Waals surface area contributed by atoms with Crippen molar-refractivity contribution in [3.8, 4) is 11.4 Å². The van der Waals surface area contributed by atoms with Gasteiger partial charge in [0.2, 0.25) is 17.6 Å². The van der Waals surface area contributed by atoms with Crippen LogP contribution in [0.5, 0.6) is 0 Å². The predicted molar refractivity (Wildman–Crippen MR) is 98.8 cm³/mol. The summed E-state index contributed by atoms with van der Waals surface area (Å²) in [7, 11) is 0. The van der Waals surface area contributed by atoms with Gasteiger partial charge in [0.1, 0.15) is 0 Å². The molecule has 7 heteroatoms. The van der Waals surface area contributed by atoms with Gasteiger partial charge in [0.15, 0.2) is 0 Å². The first kappa shape index (κ1) is 19.4. The fourth-order valence-corrected chi connectivity index (χ4v) is 2.78. The van der Waals surface area contributed by atoms with Crippen LogP contribution in [0.15, 0.2) is 28.8 Å². The Kier molecular flexibility index (Phi) is 6.96. The summed E-state index contributed by atoms with van der Waals surface area (Å²) in [5, 5.41) is 7.27. The molecule has 3 rings (SSSR count). The van der Waals surface area contributed by atoms with Crippen LogP contribution in [0.1, 0.15) is 37.6 Å². The normalized spacial score (nSPS) is 14.4. The van der Waals surface area contributed by atoms with E-state index in [2.05, 4.69) is 41.4 Å². The van der Waals surface area contributed by atoms with E-state index in [-0.39, 0.29) is 18.3 Å². The number of benzene rings is 1. The molecule has 25 heavy (non-hydrogen) atoms. The summed E-state index contributed by atoms with van der Waals surface area (Å²) in [6.45, 7) is 7.60. The summed E-state index contributed by atoms with van der Waals surface area (Å²) < 4.78 is 5.29. The van der Waals surface area contributed by atoms with Crippen molar-refractivity contribution < 1.29 is 9.32 Å². The van der Waals surface area contributed by atoms with Gasteiger partial charge < -0.3 is 14.7 Å². The Morgan fingerprint density at radius 3 is 2.56 bits per heavy atom. The van der Waals surface area contributed by atoms with Crippen molar-refractivity contribution in [3.05, 3.63) is 35.7 Å². The Morgan fingerprint density at radius 2 is 1.92 bits per heavy atom. The van der Waals surface area contributed by atoms with Crippen molar-refractivity contribution in [3.63, 3.8) is 0 Å². The number of amides is 1. The number of carbonyl (C=O) groups is 1. The van der Waals surface area contributed by atoms with Crippen LogP contribution in [0.4, 0.5) is 0 Å². The second kappa shape index (κ2) is 8.97. The Bertz CT molecular complexity index is 679. The summed E-state index contributed by atoms with van der Waals surface area (Å²) in [5.74, 6) is 1.74. The molecule has 0 bridgehead atoms. The lowest BCUT2D eigenvalue weighted by Crippen LogP contribution is -2.46. The maximum atomic E-state index is 12.2.